The number of halogens is 3. The molecule has 3 N–H and O–H groups in total. The summed E-state index contributed by atoms with van der Waals surface area (Å²) < 4.78 is 64.2. The lowest BCUT2D eigenvalue weighted by Crippen LogP contribution is -2.31. The number of nitrogens with zero attached hydrogens (tertiary/aromatic N) is 2. The third-order valence-electron chi connectivity index (χ3n) is 3.79. The molecule has 0 aliphatic heterocycles. The van der Waals surface area contributed by atoms with Gasteiger partial charge in [0.05, 0.1) is 6.20 Å². The molecule has 0 bridgehead atoms. The van der Waals surface area contributed by atoms with Crippen molar-refractivity contribution in [1.29, 1.82) is 0 Å². The number of alkyl halides is 3. The van der Waals surface area contributed by atoms with Crippen molar-refractivity contribution in [2.75, 3.05) is 6.54 Å². The Morgan fingerprint density at radius 3 is 2.31 bits per heavy atom. The predicted octanol–water partition coefficient (Wildman–Crippen LogP) is 2.55. The van der Waals surface area contributed by atoms with E-state index in [1.54, 1.807) is 0 Å². The monoisotopic (exact) mass is 390 g/mol. The highest BCUT2D eigenvalue weighted by Crippen LogP contribution is 2.19. The van der Waals surface area contributed by atoms with Crippen LogP contribution in [0.3, 0.4) is 0 Å². The van der Waals surface area contributed by atoms with E-state index in [0.29, 0.717) is 10.6 Å². The van der Waals surface area contributed by atoms with E-state index in [-0.39, 0.29) is 11.4 Å². The molecule has 2 aromatic rings. The van der Waals surface area contributed by atoms with Gasteiger partial charge in [0.25, 0.3) is 0 Å². The van der Waals surface area contributed by atoms with Crippen molar-refractivity contribution in [2.24, 2.45) is 5.73 Å². The molecule has 1 aromatic carbocycles. The van der Waals surface area contributed by atoms with Crippen LogP contribution in [0.4, 0.5) is 13.2 Å². The van der Waals surface area contributed by atoms with Crippen LogP contribution >= 0.6 is 0 Å². The van der Waals surface area contributed by atoms with Gasteiger partial charge in [0.2, 0.25) is 10.0 Å². The van der Waals surface area contributed by atoms with Crippen LogP contribution in [0.5, 0.6) is 0 Å². The molecule has 26 heavy (non-hydrogen) atoms. The Morgan fingerprint density at radius 2 is 1.77 bits per heavy atom. The second kappa shape index (κ2) is 7.77. The van der Waals surface area contributed by atoms with E-state index in [9.17, 15) is 21.6 Å². The van der Waals surface area contributed by atoms with Crippen LogP contribution in [0.15, 0.2) is 41.6 Å². The second-order valence-corrected chi connectivity index (χ2v) is 8.04. The molecule has 1 unspecified atom stereocenters. The zero-order valence-corrected chi connectivity index (χ0v) is 15.2. The van der Waals surface area contributed by atoms with E-state index < -0.39 is 28.8 Å². The fourth-order valence-corrected chi connectivity index (χ4v) is 3.29. The third kappa shape index (κ3) is 5.55. The van der Waals surface area contributed by atoms with Crippen molar-refractivity contribution in [3.63, 3.8) is 0 Å². The fraction of sp³-hybridized carbons (Fsp3) is 0.438. The van der Waals surface area contributed by atoms with Gasteiger partial charge in [0.1, 0.15) is 11.4 Å². The molecule has 0 radical (unpaired) electrons. The van der Waals surface area contributed by atoms with Crippen LogP contribution in [-0.2, 0) is 16.6 Å². The minimum absolute atomic E-state index is 0.0895. The quantitative estimate of drug-likeness (QED) is 0.760. The maximum absolute atomic E-state index is 12.3. The number of nitrogens with two attached hydrogens (primary N) is 1. The summed E-state index contributed by atoms with van der Waals surface area (Å²) in [7, 11) is -4.00. The van der Waals surface area contributed by atoms with Crippen LogP contribution in [0.25, 0.3) is 0 Å². The van der Waals surface area contributed by atoms with Crippen LogP contribution in [0.1, 0.15) is 36.9 Å². The summed E-state index contributed by atoms with van der Waals surface area (Å²) >= 11 is 0. The van der Waals surface area contributed by atoms with Gasteiger partial charge in [0.15, 0.2) is 0 Å². The summed E-state index contributed by atoms with van der Waals surface area (Å²) in [6.07, 6.45) is -2.78. The van der Waals surface area contributed by atoms with Gasteiger partial charge in [-0.15, -0.1) is 0 Å². The number of sulfonamides is 1. The molecule has 2 rings (SSSR count). The molecule has 0 spiro atoms. The van der Waals surface area contributed by atoms with Gasteiger partial charge < -0.3 is 5.73 Å². The lowest BCUT2D eigenvalue weighted by Gasteiger charge is -2.14. The largest absolute Gasteiger partial charge is 0.408 e. The standard InChI is InChI=1S/C16H21F3N4O2S/c1-11(2)12-3-5-13(6-4-12)15(20)8-22-26(24,25)14-7-21-23(9-14)10-16(17,18)19/h3-7,9,11,15,22H,8,10,20H2,1-2H3. The Balaban J connectivity index is 2.01. The smallest absolute Gasteiger partial charge is 0.323 e. The Kier molecular flexibility index (Phi) is 6.09. The molecule has 0 aliphatic rings. The SMILES string of the molecule is CC(C)c1ccc(C(N)CNS(=O)(=O)c2cnn(CC(F)(F)F)c2)cc1. The first-order chi connectivity index (χ1) is 12.0. The van der Waals surface area contributed by atoms with Crippen molar-refractivity contribution in [2.45, 2.75) is 43.4 Å². The van der Waals surface area contributed by atoms with Crippen molar-refractivity contribution in [3.05, 3.63) is 47.8 Å². The van der Waals surface area contributed by atoms with Crippen LogP contribution < -0.4 is 10.5 Å². The Bertz CT molecular complexity index is 830. The summed E-state index contributed by atoms with van der Waals surface area (Å²) in [6.45, 7) is 2.67. The van der Waals surface area contributed by atoms with Gasteiger partial charge in [-0.3, -0.25) is 4.68 Å². The normalized spacial score (nSPS) is 14.0. The molecule has 0 fully saturated rings. The first-order valence-corrected chi connectivity index (χ1v) is 9.40. The summed E-state index contributed by atoms with van der Waals surface area (Å²) in [4.78, 5) is -0.343. The first-order valence-electron chi connectivity index (χ1n) is 7.92. The predicted molar refractivity (Wildman–Crippen MR) is 90.9 cm³/mol. The zero-order valence-electron chi connectivity index (χ0n) is 14.4. The maximum atomic E-state index is 12.3. The number of nitrogens with one attached hydrogen (secondary N) is 1. The number of rotatable bonds is 7. The molecule has 0 aliphatic carbocycles. The highest BCUT2D eigenvalue weighted by Gasteiger charge is 2.29. The summed E-state index contributed by atoms with van der Waals surface area (Å²) in [5.74, 6) is 0.368. The Morgan fingerprint density at radius 1 is 1.19 bits per heavy atom. The summed E-state index contributed by atoms with van der Waals surface area (Å²) in [5, 5.41) is 3.43. The van der Waals surface area contributed by atoms with E-state index >= 15 is 0 Å². The number of benzene rings is 1. The van der Waals surface area contributed by atoms with E-state index in [4.69, 9.17) is 5.73 Å². The Hall–Kier alpha value is -1.91. The average Bonchev–Trinajstić information content (AvgIpc) is 3.00. The van der Waals surface area contributed by atoms with Crippen LogP contribution in [-0.4, -0.2) is 30.9 Å². The van der Waals surface area contributed by atoms with Gasteiger partial charge in [-0.1, -0.05) is 38.1 Å². The molecule has 0 saturated carbocycles. The zero-order chi connectivity index (χ0) is 19.5. The maximum Gasteiger partial charge on any atom is 0.408 e. The lowest BCUT2D eigenvalue weighted by molar-refractivity contribution is -0.142. The van der Waals surface area contributed by atoms with E-state index in [1.165, 1.54) is 0 Å². The first kappa shape index (κ1) is 20.4. The van der Waals surface area contributed by atoms with Crippen LogP contribution in [0, 0.1) is 0 Å². The molecule has 1 heterocycles. The molecule has 0 saturated heterocycles. The lowest BCUT2D eigenvalue weighted by atomic mass is 9.99. The highest BCUT2D eigenvalue weighted by molar-refractivity contribution is 7.89. The van der Waals surface area contributed by atoms with Crippen molar-refractivity contribution < 1.29 is 21.6 Å². The van der Waals surface area contributed by atoms with Gasteiger partial charge in [-0.2, -0.15) is 18.3 Å². The summed E-state index contributed by atoms with van der Waals surface area (Å²) in [6, 6.07) is 6.92. The molecular formula is C16H21F3N4O2S. The minimum atomic E-state index is -4.48. The van der Waals surface area contributed by atoms with Crippen molar-refractivity contribution in [1.82, 2.24) is 14.5 Å². The van der Waals surface area contributed by atoms with E-state index in [0.717, 1.165) is 23.5 Å². The van der Waals surface area contributed by atoms with Gasteiger partial charge >= 0.3 is 6.18 Å². The Labute approximate surface area is 150 Å². The molecule has 10 heteroatoms. The molecule has 6 nitrogen and oxygen atoms in total. The highest BCUT2D eigenvalue weighted by atomic mass is 32.2. The van der Waals surface area contributed by atoms with Crippen molar-refractivity contribution >= 4 is 10.0 Å². The fourth-order valence-electron chi connectivity index (χ4n) is 2.28. The van der Waals surface area contributed by atoms with Gasteiger partial charge in [0, 0.05) is 18.8 Å². The van der Waals surface area contributed by atoms with Crippen molar-refractivity contribution in [3.8, 4) is 0 Å². The minimum Gasteiger partial charge on any atom is -0.323 e. The molecule has 144 valence electrons. The topological polar surface area (TPSA) is 90.0 Å². The van der Waals surface area contributed by atoms with Gasteiger partial charge in [-0.25, -0.2) is 13.1 Å². The average molecular weight is 390 g/mol. The van der Waals surface area contributed by atoms with Gasteiger partial charge in [-0.05, 0) is 17.0 Å². The molecule has 1 atom stereocenters. The molecular weight excluding hydrogens is 369 g/mol. The van der Waals surface area contributed by atoms with E-state index in [1.807, 2.05) is 24.3 Å². The number of hydrogen-bond donors (Lipinski definition) is 2. The van der Waals surface area contributed by atoms with Crippen LogP contribution in [0.2, 0.25) is 0 Å². The molecule has 1 aromatic heterocycles. The number of hydrogen-bond acceptors (Lipinski definition) is 4. The van der Waals surface area contributed by atoms with E-state index in [2.05, 4.69) is 23.7 Å². The summed E-state index contributed by atoms with van der Waals surface area (Å²) in [5.41, 5.74) is 7.89. The number of aromatic nitrogens is 2. The second-order valence-electron chi connectivity index (χ2n) is 6.27. The molecule has 0 amide bonds. The third-order valence-corrected chi connectivity index (χ3v) is 5.16.